The largest absolute Gasteiger partial charge is 0.465 e. The van der Waals surface area contributed by atoms with Crippen LogP contribution in [0.2, 0.25) is 0 Å². The summed E-state index contributed by atoms with van der Waals surface area (Å²) in [4.78, 5) is 22.2. The molecule has 92 valence electrons. The highest BCUT2D eigenvalue weighted by atomic mass is 16.5. The van der Waals surface area contributed by atoms with Gasteiger partial charge in [0.05, 0.1) is 7.11 Å². The zero-order valence-electron chi connectivity index (χ0n) is 10.4. The van der Waals surface area contributed by atoms with Gasteiger partial charge in [-0.2, -0.15) is 0 Å². The minimum Gasteiger partial charge on any atom is -0.465 e. The number of carbonyl (C=O) groups excluding carboxylic acids is 2. The second-order valence-corrected chi connectivity index (χ2v) is 4.03. The number of carbonyl (C=O) groups is 2. The molecule has 0 aliphatic rings. The number of furan rings is 1. The number of aryl methyl sites for hydroxylation is 1. The average Bonchev–Trinajstić information content (AvgIpc) is 2.65. The first-order valence-corrected chi connectivity index (χ1v) is 5.35. The first kappa shape index (κ1) is 13.2. The van der Waals surface area contributed by atoms with Gasteiger partial charge in [0.1, 0.15) is 23.4 Å². The van der Waals surface area contributed by atoms with Crippen LogP contribution in [-0.2, 0) is 9.53 Å². The van der Waals surface area contributed by atoms with Crippen molar-refractivity contribution in [1.82, 2.24) is 0 Å². The van der Waals surface area contributed by atoms with Crippen molar-refractivity contribution >= 4 is 18.3 Å². The topological polar surface area (TPSA) is 56.5 Å². The van der Waals surface area contributed by atoms with Gasteiger partial charge >= 0.3 is 5.97 Å². The zero-order valence-corrected chi connectivity index (χ0v) is 10.4. The van der Waals surface area contributed by atoms with Gasteiger partial charge < -0.3 is 9.15 Å². The van der Waals surface area contributed by atoms with Crippen LogP contribution in [0, 0.1) is 12.8 Å². The number of hydrogen-bond acceptors (Lipinski definition) is 4. The summed E-state index contributed by atoms with van der Waals surface area (Å²) < 4.78 is 10.0. The maximum absolute atomic E-state index is 11.4. The molecule has 0 unspecified atom stereocenters. The van der Waals surface area contributed by atoms with Crippen molar-refractivity contribution in [3.63, 3.8) is 0 Å². The Balaban J connectivity index is 3.09. The van der Waals surface area contributed by atoms with Gasteiger partial charge in [0.15, 0.2) is 0 Å². The molecule has 0 atom stereocenters. The standard InChI is InChI=1S/C13H16O4/c1-8(2)10(7-14)5-11-6-12(9(3)17-11)13(15)16-4/h5-8H,1-4H3. The molecule has 0 aromatic carbocycles. The molecule has 0 aliphatic carbocycles. The van der Waals surface area contributed by atoms with Gasteiger partial charge in [-0.1, -0.05) is 13.8 Å². The molecule has 17 heavy (non-hydrogen) atoms. The highest BCUT2D eigenvalue weighted by molar-refractivity contribution is 5.91. The summed E-state index contributed by atoms with van der Waals surface area (Å²) in [6, 6.07) is 1.58. The molecule has 4 heteroatoms. The fourth-order valence-corrected chi connectivity index (χ4v) is 1.39. The van der Waals surface area contributed by atoms with Gasteiger partial charge in [-0.3, -0.25) is 4.79 Å². The summed E-state index contributed by atoms with van der Waals surface area (Å²) in [6.45, 7) is 5.51. The number of esters is 1. The smallest absolute Gasteiger partial charge is 0.341 e. The van der Waals surface area contributed by atoms with Gasteiger partial charge in [-0.25, -0.2) is 4.79 Å². The summed E-state index contributed by atoms with van der Waals surface area (Å²) >= 11 is 0. The van der Waals surface area contributed by atoms with E-state index in [1.807, 2.05) is 13.8 Å². The predicted octanol–water partition coefficient (Wildman–Crippen LogP) is 2.61. The molecule has 0 radical (unpaired) electrons. The number of rotatable bonds is 4. The highest BCUT2D eigenvalue weighted by Gasteiger charge is 2.15. The lowest BCUT2D eigenvalue weighted by Crippen LogP contribution is -2.00. The molecule has 0 aliphatic heterocycles. The van der Waals surface area contributed by atoms with Crippen LogP contribution in [0.3, 0.4) is 0 Å². The Labute approximate surface area is 100 Å². The summed E-state index contributed by atoms with van der Waals surface area (Å²) in [7, 11) is 1.31. The Morgan fingerprint density at radius 3 is 2.59 bits per heavy atom. The first-order valence-electron chi connectivity index (χ1n) is 5.35. The third kappa shape index (κ3) is 3.06. The summed E-state index contributed by atoms with van der Waals surface area (Å²) in [5.41, 5.74) is 1.00. The lowest BCUT2D eigenvalue weighted by atomic mass is 10.0. The molecular weight excluding hydrogens is 220 g/mol. The minimum absolute atomic E-state index is 0.111. The molecule has 0 saturated heterocycles. The normalized spacial score (nSPS) is 11.7. The number of hydrogen-bond donors (Lipinski definition) is 0. The van der Waals surface area contributed by atoms with E-state index in [0.29, 0.717) is 22.7 Å². The number of aldehydes is 1. The van der Waals surface area contributed by atoms with Crippen molar-refractivity contribution in [2.24, 2.45) is 5.92 Å². The van der Waals surface area contributed by atoms with E-state index in [4.69, 9.17) is 4.42 Å². The van der Waals surface area contributed by atoms with Crippen LogP contribution in [0.25, 0.3) is 6.08 Å². The Bertz CT molecular complexity index is 452. The lowest BCUT2D eigenvalue weighted by molar-refractivity contribution is -0.105. The van der Waals surface area contributed by atoms with Crippen LogP contribution >= 0.6 is 0 Å². The molecule has 1 rings (SSSR count). The average molecular weight is 236 g/mol. The van der Waals surface area contributed by atoms with E-state index < -0.39 is 5.97 Å². The molecule has 0 fully saturated rings. The van der Waals surface area contributed by atoms with Crippen molar-refractivity contribution in [1.29, 1.82) is 0 Å². The Morgan fingerprint density at radius 1 is 1.47 bits per heavy atom. The number of ether oxygens (including phenoxy) is 1. The molecule has 0 N–H and O–H groups in total. The van der Waals surface area contributed by atoms with E-state index in [-0.39, 0.29) is 5.92 Å². The molecule has 1 heterocycles. The van der Waals surface area contributed by atoms with E-state index in [1.165, 1.54) is 7.11 Å². The van der Waals surface area contributed by atoms with E-state index in [1.54, 1.807) is 19.1 Å². The number of methoxy groups -OCH3 is 1. The van der Waals surface area contributed by atoms with Crippen LogP contribution in [0.5, 0.6) is 0 Å². The fourth-order valence-electron chi connectivity index (χ4n) is 1.39. The van der Waals surface area contributed by atoms with Crippen LogP contribution in [0.1, 0.15) is 35.7 Å². The van der Waals surface area contributed by atoms with Gasteiger partial charge in [0.2, 0.25) is 0 Å². The molecule has 0 amide bonds. The highest BCUT2D eigenvalue weighted by Crippen LogP contribution is 2.19. The van der Waals surface area contributed by atoms with Gasteiger partial charge in [0, 0.05) is 0 Å². The first-order chi connectivity index (χ1) is 7.99. The van der Waals surface area contributed by atoms with Gasteiger partial charge in [-0.15, -0.1) is 0 Å². The summed E-state index contributed by atoms with van der Waals surface area (Å²) in [5, 5.41) is 0. The van der Waals surface area contributed by atoms with Crippen molar-refractivity contribution in [3.8, 4) is 0 Å². The maximum Gasteiger partial charge on any atom is 0.341 e. The molecule has 1 aromatic rings. The van der Waals surface area contributed by atoms with Crippen molar-refractivity contribution in [2.45, 2.75) is 20.8 Å². The van der Waals surface area contributed by atoms with E-state index in [2.05, 4.69) is 4.74 Å². The third-order valence-corrected chi connectivity index (χ3v) is 2.45. The molecular formula is C13H16O4. The van der Waals surface area contributed by atoms with E-state index in [9.17, 15) is 9.59 Å². The van der Waals surface area contributed by atoms with Crippen LogP contribution in [-0.4, -0.2) is 19.4 Å². The predicted molar refractivity (Wildman–Crippen MR) is 63.7 cm³/mol. The zero-order chi connectivity index (χ0) is 13.0. The second-order valence-electron chi connectivity index (χ2n) is 4.03. The Morgan fingerprint density at radius 2 is 2.12 bits per heavy atom. The molecule has 0 saturated carbocycles. The molecule has 0 bridgehead atoms. The Hall–Kier alpha value is -1.84. The van der Waals surface area contributed by atoms with Crippen LogP contribution in [0.4, 0.5) is 0 Å². The molecule has 1 aromatic heterocycles. The van der Waals surface area contributed by atoms with Crippen LogP contribution < -0.4 is 0 Å². The van der Waals surface area contributed by atoms with Gasteiger partial charge in [-0.05, 0) is 30.6 Å². The fraction of sp³-hybridized carbons (Fsp3) is 0.385. The summed E-state index contributed by atoms with van der Waals surface area (Å²) in [6.07, 6.45) is 2.43. The van der Waals surface area contributed by atoms with E-state index in [0.717, 1.165) is 6.29 Å². The lowest BCUT2D eigenvalue weighted by Gasteiger charge is -2.01. The second kappa shape index (κ2) is 5.48. The van der Waals surface area contributed by atoms with Crippen molar-refractivity contribution in [2.75, 3.05) is 7.11 Å². The third-order valence-electron chi connectivity index (χ3n) is 2.45. The number of allylic oxidation sites excluding steroid dienone is 1. The minimum atomic E-state index is -0.442. The maximum atomic E-state index is 11.4. The quantitative estimate of drug-likeness (QED) is 0.458. The van der Waals surface area contributed by atoms with Gasteiger partial charge in [0.25, 0.3) is 0 Å². The SMILES string of the molecule is COC(=O)c1cc(C=C(C=O)C(C)C)oc1C. The monoisotopic (exact) mass is 236 g/mol. The Kier molecular flexibility index (Phi) is 4.26. The van der Waals surface area contributed by atoms with E-state index >= 15 is 0 Å². The molecule has 4 nitrogen and oxygen atoms in total. The summed E-state index contributed by atoms with van der Waals surface area (Å²) in [5.74, 6) is 0.637. The van der Waals surface area contributed by atoms with Crippen molar-refractivity contribution in [3.05, 3.63) is 28.7 Å². The van der Waals surface area contributed by atoms with Crippen LogP contribution in [0.15, 0.2) is 16.1 Å². The molecule has 0 spiro atoms. The van der Waals surface area contributed by atoms with Crippen molar-refractivity contribution < 1.29 is 18.7 Å².